The second-order valence-electron chi connectivity index (χ2n) is 7.32. The van der Waals surface area contributed by atoms with Gasteiger partial charge in [0.25, 0.3) is 0 Å². The van der Waals surface area contributed by atoms with Gasteiger partial charge in [0.2, 0.25) is 5.91 Å². The van der Waals surface area contributed by atoms with Crippen molar-refractivity contribution in [3.8, 4) is 5.69 Å². The minimum atomic E-state index is -4.83. The number of amides is 1. The van der Waals surface area contributed by atoms with Crippen LogP contribution in [0.15, 0.2) is 54.6 Å². The number of hydrogen-bond donors (Lipinski definition) is 2. The Hall–Kier alpha value is -3.34. The number of carbonyl (C=O) groups is 1. The summed E-state index contributed by atoms with van der Waals surface area (Å²) in [7, 11) is 0. The van der Waals surface area contributed by atoms with Crippen molar-refractivity contribution in [1.82, 2.24) is 15.1 Å². The summed E-state index contributed by atoms with van der Waals surface area (Å²) in [6.45, 7) is 0.956. The van der Waals surface area contributed by atoms with Gasteiger partial charge in [-0.05, 0) is 42.3 Å². The van der Waals surface area contributed by atoms with E-state index in [1.807, 2.05) is 0 Å². The molecule has 0 aliphatic heterocycles. The third-order valence-electron chi connectivity index (χ3n) is 4.96. The van der Waals surface area contributed by atoms with Gasteiger partial charge in [0, 0.05) is 0 Å². The molecule has 1 amide bonds. The summed E-state index contributed by atoms with van der Waals surface area (Å²) >= 11 is 0. The number of nitrogens with one attached hydrogen (secondary N) is 1. The Labute approximate surface area is 184 Å². The summed E-state index contributed by atoms with van der Waals surface area (Å²) in [5.74, 6) is -1.21. The van der Waals surface area contributed by atoms with Crippen molar-refractivity contribution in [3.63, 3.8) is 0 Å². The van der Waals surface area contributed by atoms with Gasteiger partial charge >= 0.3 is 12.4 Å². The van der Waals surface area contributed by atoms with Crippen LogP contribution in [0.4, 0.5) is 26.3 Å². The van der Waals surface area contributed by atoms with Gasteiger partial charge in [-0.1, -0.05) is 30.3 Å². The molecular formula is C22H19F6N3O2. The van der Waals surface area contributed by atoms with Crippen molar-refractivity contribution >= 4 is 5.91 Å². The van der Waals surface area contributed by atoms with Gasteiger partial charge in [-0.15, -0.1) is 0 Å². The molecule has 0 aliphatic rings. The first-order chi connectivity index (χ1) is 15.4. The maximum Gasteiger partial charge on any atom is 0.435 e. The van der Waals surface area contributed by atoms with Crippen LogP contribution in [-0.2, 0) is 30.3 Å². The number of alkyl halides is 6. The maximum absolute atomic E-state index is 13.2. The van der Waals surface area contributed by atoms with Gasteiger partial charge < -0.3 is 10.4 Å². The third-order valence-corrected chi connectivity index (χ3v) is 4.96. The average molecular weight is 471 g/mol. The lowest BCUT2D eigenvalue weighted by molar-refractivity contribution is -0.141. The highest BCUT2D eigenvalue weighted by atomic mass is 19.4. The molecule has 3 rings (SSSR count). The molecule has 11 heteroatoms. The number of nitrogens with zero attached hydrogens (tertiary/aromatic N) is 2. The second kappa shape index (κ2) is 9.26. The minimum absolute atomic E-state index is 0.147. The van der Waals surface area contributed by atoms with E-state index in [-0.39, 0.29) is 18.0 Å². The van der Waals surface area contributed by atoms with E-state index in [9.17, 15) is 36.2 Å². The smallest absolute Gasteiger partial charge is 0.392 e. The molecule has 0 fully saturated rings. The van der Waals surface area contributed by atoms with E-state index in [1.54, 1.807) is 31.2 Å². The van der Waals surface area contributed by atoms with Gasteiger partial charge in [-0.25, -0.2) is 4.68 Å². The summed E-state index contributed by atoms with van der Waals surface area (Å²) in [6.07, 6.45) is -9.52. The number of aliphatic hydroxyl groups excluding tert-OH is 1. The van der Waals surface area contributed by atoms with E-state index in [0.29, 0.717) is 23.3 Å². The lowest BCUT2D eigenvalue weighted by Gasteiger charge is -2.15. The zero-order chi connectivity index (χ0) is 24.4. The zero-order valence-corrected chi connectivity index (χ0v) is 17.2. The Kier molecular flexibility index (Phi) is 6.82. The van der Waals surface area contributed by atoms with Gasteiger partial charge in [0.05, 0.1) is 36.0 Å². The van der Waals surface area contributed by atoms with Crippen molar-refractivity contribution in [2.45, 2.75) is 38.3 Å². The first-order valence-electron chi connectivity index (χ1n) is 9.71. The topological polar surface area (TPSA) is 67.2 Å². The van der Waals surface area contributed by atoms with Crippen LogP contribution >= 0.6 is 0 Å². The van der Waals surface area contributed by atoms with Crippen LogP contribution in [0.1, 0.15) is 40.9 Å². The normalized spacial score (nSPS) is 13.1. The molecule has 2 aromatic carbocycles. The number of carbonyl (C=O) groups excluding carboxylic acids is 1. The third kappa shape index (κ3) is 5.72. The lowest BCUT2D eigenvalue weighted by atomic mass is 9.98. The number of aromatic nitrogens is 2. The first kappa shape index (κ1) is 24.3. The van der Waals surface area contributed by atoms with E-state index in [0.717, 1.165) is 16.8 Å². The Morgan fingerprint density at radius 2 is 1.73 bits per heavy atom. The number of aliphatic hydroxyl groups is 1. The molecule has 0 spiro atoms. The van der Waals surface area contributed by atoms with E-state index < -0.39 is 42.0 Å². The molecule has 0 saturated heterocycles. The molecule has 3 aromatic rings. The van der Waals surface area contributed by atoms with Gasteiger partial charge in [-0.2, -0.15) is 31.4 Å². The first-order valence-corrected chi connectivity index (χ1v) is 9.71. The Bertz CT molecular complexity index is 1140. The number of rotatable bonds is 6. The molecule has 0 radical (unpaired) electrons. The van der Waals surface area contributed by atoms with E-state index in [2.05, 4.69) is 10.4 Å². The van der Waals surface area contributed by atoms with Crippen molar-refractivity contribution in [2.24, 2.45) is 0 Å². The molecule has 1 unspecified atom stereocenters. The fraction of sp³-hybridized carbons (Fsp3) is 0.273. The average Bonchev–Trinajstić information content (AvgIpc) is 3.21. The van der Waals surface area contributed by atoms with Crippen LogP contribution in [-0.4, -0.2) is 20.8 Å². The van der Waals surface area contributed by atoms with Gasteiger partial charge in [-0.3, -0.25) is 4.79 Å². The van der Waals surface area contributed by atoms with Gasteiger partial charge in [0.1, 0.15) is 0 Å². The van der Waals surface area contributed by atoms with Crippen molar-refractivity contribution in [1.29, 1.82) is 0 Å². The molecule has 33 heavy (non-hydrogen) atoms. The van der Waals surface area contributed by atoms with Crippen LogP contribution < -0.4 is 5.32 Å². The summed E-state index contributed by atoms with van der Waals surface area (Å²) in [5.41, 5.74) is -1.55. The van der Waals surface area contributed by atoms with Crippen LogP contribution in [0.3, 0.4) is 0 Å². The lowest BCUT2D eigenvalue weighted by Crippen LogP contribution is -2.28. The predicted molar refractivity (Wildman–Crippen MR) is 106 cm³/mol. The second-order valence-corrected chi connectivity index (χ2v) is 7.32. The fourth-order valence-electron chi connectivity index (χ4n) is 3.16. The van der Waals surface area contributed by atoms with Crippen molar-refractivity contribution < 1.29 is 36.2 Å². The van der Waals surface area contributed by atoms with Crippen LogP contribution in [0, 0.1) is 0 Å². The fourth-order valence-corrected chi connectivity index (χ4v) is 3.16. The predicted octanol–water partition coefficient (Wildman–Crippen LogP) is 4.82. The standard InChI is InChI=1S/C22H19F6N3O2/c1-13(15-5-2-4-14(8-15)12-32)20(33)29-11-18-10-19(22(26,27)28)30-31(18)17-7-3-6-16(9-17)21(23,24)25/h2-10,13,32H,11-12H2,1H3,(H,29,33). The molecule has 1 heterocycles. The van der Waals surface area contributed by atoms with Crippen molar-refractivity contribution in [2.75, 3.05) is 0 Å². The molecule has 176 valence electrons. The van der Waals surface area contributed by atoms with E-state index in [4.69, 9.17) is 0 Å². The summed E-state index contributed by atoms with van der Waals surface area (Å²) in [5, 5.41) is 15.2. The maximum atomic E-state index is 13.2. The largest absolute Gasteiger partial charge is 0.435 e. The molecule has 1 aromatic heterocycles. The summed E-state index contributed by atoms with van der Waals surface area (Å²) in [4.78, 5) is 12.6. The Morgan fingerprint density at radius 3 is 2.36 bits per heavy atom. The minimum Gasteiger partial charge on any atom is -0.392 e. The van der Waals surface area contributed by atoms with E-state index >= 15 is 0 Å². The summed E-state index contributed by atoms with van der Waals surface area (Å²) < 4.78 is 79.6. The van der Waals surface area contributed by atoms with Crippen LogP contribution in [0.25, 0.3) is 5.69 Å². The molecule has 0 saturated carbocycles. The molecule has 2 N–H and O–H groups in total. The molecular weight excluding hydrogens is 452 g/mol. The molecule has 0 aliphatic carbocycles. The van der Waals surface area contributed by atoms with E-state index in [1.165, 1.54) is 6.07 Å². The highest BCUT2D eigenvalue weighted by molar-refractivity contribution is 5.83. The quantitative estimate of drug-likeness (QED) is 0.507. The van der Waals surface area contributed by atoms with Crippen LogP contribution in [0.5, 0.6) is 0 Å². The molecule has 0 bridgehead atoms. The number of halogens is 6. The zero-order valence-electron chi connectivity index (χ0n) is 17.2. The SMILES string of the molecule is CC(C(=O)NCc1cc(C(F)(F)F)nn1-c1cccc(C(F)(F)F)c1)c1cccc(CO)c1. The van der Waals surface area contributed by atoms with Crippen LogP contribution in [0.2, 0.25) is 0 Å². The monoisotopic (exact) mass is 471 g/mol. The van der Waals surface area contributed by atoms with Gasteiger partial charge in [0.15, 0.2) is 5.69 Å². The number of benzene rings is 2. The Balaban J connectivity index is 1.88. The highest BCUT2D eigenvalue weighted by Crippen LogP contribution is 2.32. The summed E-state index contributed by atoms with van der Waals surface area (Å²) in [6, 6.07) is 11.0. The Morgan fingerprint density at radius 1 is 1.03 bits per heavy atom. The molecule has 1 atom stereocenters. The highest BCUT2D eigenvalue weighted by Gasteiger charge is 2.36. The molecule has 5 nitrogen and oxygen atoms in total. The van der Waals surface area contributed by atoms with Crippen molar-refractivity contribution in [3.05, 3.63) is 82.7 Å². The number of hydrogen-bond acceptors (Lipinski definition) is 3.